The predicted molar refractivity (Wildman–Crippen MR) is 70.3 cm³/mol. The van der Waals surface area contributed by atoms with Gasteiger partial charge in [0, 0.05) is 0 Å². The second-order valence-corrected chi connectivity index (χ2v) is 3.99. The molecule has 2 aromatic rings. The zero-order valence-electron chi connectivity index (χ0n) is 8.50. The average Bonchev–Trinajstić information content (AvgIpc) is 2.31. The van der Waals surface area contributed by atoms with Crippen molar-refractivity contribution in [2.24, 2.45) is 0 Å². The van der Waals surface area contributed by atoms with Gasteiger partial charge in [0.2, 0.25) is 0 Å². The van der Waals surface area contributed by atoms with Crippen molar-refractivity contribution in [1.29, 1.82) is 0 Å². The molecule has 0 bridgehead atoms. The van der Waals surface area contributed by atoms with Crippen molar-refractivity contribution in [3.63, 3.8) is 0 Å². The van der Waals surface area contributed by atoms with Crippen LogP contribution < -0.4 is 9.05 Å². The molecule has 0 unspecified atom stereocenters. The molecule has 0 N–H and O–H groups in total. The summed E-state index contributed by atoms with van der Waals surface area (Å²) in [5.74, 6) is 1.09. The summed E-state index contributed by atoms with van der Waals surface area (Å²) in [4.78, 5) is 0. The Morgan fingerprint density at radius 2 is 1.06 bits per heavy atom. The Balaban J connectivity index is 0.00000144. The fourth-order valence-corrected chi connectivity index (χ4v) is 1.89. The van der Waals surface area contributed by atoms with Gasteiger partial charge in [-0.25, -0.2) is 4.57 Å². The Hall–Kier alpha value is -1.13. The van der Waals surface area contributed by atoms with Crippen molar-refractivity contribution >= 4 is 27.1 Å². The maximum atomic E-state index is 11.5. The number of rotatable bonds is 4. The Kier molecular flexibility index (Phi) is 5.94. The summed E-state index contributed by atoms with van der Waals surface area (Å²) in [7, 11) is -2.54. The first-order chi connectivity index (χ1) is 7.84. The van der Waals surface area contributed by atoms with Crippen LogP contribution in [0.4, 0.5) is 0 Å². The fourth-order valence-electron chi connectivity index (χ4n) is 1.19. The monoisotopic (exact) mass is 242 g/mol. The number of para-hydroxylation sites is 2. The van der Waals surface area contributed by atoms with Crippen LogP contribution >= 0.6 is 8.25 Å². The summed E-state index contributed by atoms with van der Waals surface area (Å²) < 4.78 is 21.8. The zero-order chi connectivity index (χ0) is 11.2. The minimum atomic E-state index is -2.54. The average molecular weight is 242 g/mol. The van der Waals surface area contributed by atoms with Crippen molar-refractivity contribution in [3.05, 3.63) is 60.7 Å². The van der Waals surface area contributed by atoms with Gasteiger partial charge in [-0.3, -0.25) is 0 Å². The second-order valence-electron chi connectivity index (χ2n) is 3.08. The third-order valence-corrected chi connectivity index (χ3v) is 2.69. The van der Waals surface area contributed by atoms with E-state index in [1.54, 1.807) is 24.3 Å². The Bertz CT molecular complexity index is 418. The van der Waals surface area contributed by atoms with E-state index in [0.717, 1.165) is 0 Å². The van der Waals surface area contributed by atoms with E-state index < -0.39 is 8.25 Å². The Morgan fingerprint density at radius 3 is 1.41 bits per heavy atom. The molecule has 0 fully saturated rings. The van der Waals surface area contributed by atoms with Gasteiger partial charge >= 0.3 is 27.1 Å². The van der Waals surface area contributed by atoms with Crippen molar-refractivity contribution in [3.8, 4) is 11.5 Å². The van der Waals surface area contributed by atoms with E-state index >= 15 is 0 Å². The summed E-state index contributed by atoms with van der Waals surface area (Å²) in [5.41, 5.74) is 0. The molecule has 0 amide bonds. The van der Waals surface area contributed by atoms with Gasteiger partial charge in [-0.2, -0.15) is 0 Å². The van der Waals surface area contributed by atoms with Crippen molar-refractivity contribution in [2.75, 3.05) is 0 Å². The Labute approximate surface area is 113 Å². The van der Waals surface area contributed by atoms with Crippen LogP contribution in [0.3, 0.4) is 0 Å². The van der Waals surface area contributed by atoms with Gasteiger partial charge in [-0.15, -0.1) is 0 Å². The van der Waals surface area contributed by atoms with E-state index in [-0.39, 0.29) is 18.9 Å². The van der Waals surface area contributed by atoms with Crippen LogP contribution in [0.1, 0.15) is 0 Å². The first-order valence-corrected chi connectivity index (χ1v) is 6.07. The quantitative estimate of drug-likeness (QED) is 0.610. The zero-order valence-corrected chi connectivity index (χ0v) is 9.50. The van der Waals surface area contributed by atoms with E-state index in [2.05, 4.69) is 0 Å². The first-order valence-electron chi connectivity index (χ1n) is 4.84. The second kappa shape index (κ2) is 7.24. The molecule has 0 saturated heterocycles. The minimum absolute atomic E-state index is 0. The summed E-state index contributed by atoms with van der Waals surface area (Å²) in [5, 5.41) is 0. The number of benzene rings is 2. The van der Waals surface area contributed by atoms with Crippen LogP contribution in [0.5, 0.6) is 11.5 Å². The third kappa shape index (κ3) is 4.71. The molecular formula is C12H12LiO3P. The van der Waals surface area contributed by atoms with Gasteiger partial charge in [0.05, 0.1) is 0 Å². The van der Waals surface area contributed by atoms with Gasteiger partial charge in [0.1, 0.15) is 11.5 Å². The molecule has 17 heavy (non-hydrogen) atoms. The van der Waals surface area contributed by atoms with E-state index in [4.69, 9.17) is 9.05 Å². The molecule has 0 spiro atoms. The molecule has 0 aliphatic heterocycles. The molecule has 0 saturated carbocycles. The van der Waals surface area contributed by atoms with Gasteiger partial charge in [-0.05, 0) is 24.3 Å². The van der Waals surface area contributed by atoms with Gasteiger partial charge in [0.15, 0.2) is 0 Å². The van der Waals surface area contributed by atoms with Crippen LogP contribution in [-0.4, -0.2) is 18.9 Å². The Morgan fingerprint density at radius 1 is 0.706 bits per heavy atom. The summed E-state index contributed by atoms with van der Waals surface area (Å²) in [6.45, 7) is 0. The third-order valence-electron chi connectivity index (χ3n) is 1.89. The summed E-state index contributed by atoms with van der Waals surface area (Å²) in [6, 6.07) is 17.9. The molecule has 0 radical (unpaired) electrons. The van der Waals surface area contributed by atoms with E-state index in [0.29, 0.717) is 11.5 Å². The first kappa shape index (κ1) is 13.9. The van der Waals surface area contributed by atoms with Crippen LogP contribution in [-0.2, 0) is 4.57 Å². The number of hydrogen-bond acceptors (Lipinski definition) is 3. The van der Waals surface area contributed by atoms with Gasteiger partial charge in [0.25, 0.3) is 0 Å². The molecule has 3 nitrogen and oxygen atoms in total. The molecule has 2 aromatic carbocycles. The molecule has 0 heterocycles. The number of hydrogen-bond donors (Lipinski definition) is 0. The van der Waals surface area contributed by atoms with Crippen LogP contribution in [0, 0.1) is 0 Å². The molecule has 0 aromatic heterocycles. The summed E-state index contributed by atoms with van der Waals surface area (Å²) >= 11 is 0. The molecule has 0 aliphatic carbocycles. The van der Waals surface area contributed by atoms with Crippen molar-refractivity contribution in [2.45, 2.75) is 0 Å². The van der Waals surface area contributed by atoms with Gasteiger partial charge < -0.3 is 9.05 Å². The molecule has 5 heteroatoms. The van der Waals surface area contributed by atoms with Crippen LogP contribution in [0.15, 0.2) is 60.7 Å². The topological polar surface area (TPSA) is 35.5 Å². The molecule has 0 atom stereocenters. The van der Waals surface area contributed by atoms with Crippen molar-refractivity contribution < 1.29 is 13.6 Å². The normalized spacial score (nSPS) is 9.47. The van der Waals surface area contributed by atoms with E-state index in [9.17, 15) is 4.57 Å². The van der Waals surface area contributed by atoms with Crippen molar-refractivity contribution in [1.82, 2.24) is 0 Å². The van der Waals surface area contributed by atoms with E-state index in [1.807, 2.05) is 36.4 Å². The molecule has 0 aliphatic rings. The van der Waals surface area contributed by atoms with Gasteiger partial charge in [-0.1, -0.05) is 36.4 Å². The SMILES string of the molecule is O=[PH](Oc1ccccc1)Oc1ccccc1.[LiH]. The standard InChI is InChI=1S/C12H11O3P.Li.H/c13-16(14-11-7-3-1-4-8-11)15-12-9-5-2-6-10-12;;/h1-10,16H;;. The maximum absolute atomic E-state index is 11.5. The van der Waals surface area contributed by atoms with Crippen LogP contribution in [0.25, 0.3) is 0 Å². The molecule has 2 rings (SSSR count). The summed E-state index contributed by atoms with van der Waals surface area (Å²) in [6.07, 6.45) is 0. The van der Waals surface area contributed by atoms with E-state index in [1.165, 1.54) is 0 Å². The predicted octanol–water partition coefficient (Wildman–Crippen LogP) is 2.89. The van der Waals surface area contributed by atoms with Crippen LogP contribution in [0.2, 0.25) is 0 Å². The molecular weight excluding hydrogens is 230 g/mol. The fraction of sp³-hybridized carbons (Fsp3) is 0. The molecule has 84 valence electrons.